The second-order valence-corrected chi connectivity index (χ2v) is 6.89. The minimum Gasteiger partial charge on any atom is -0.314 e. The van der Waals surface area contributed by atoms with Gasteiger partial charge in [-0.15, -0.1) is 0 Å². The summed E-state index contributed by atoms with van der Waals surface area (Å²) in [6.45, 7) is 1.75. The van der Waals surface area contributed by atoms with E-state index in [2.05, 4.69) is 49.1 Å². The maximum atomic E-state index is 4.59. The highest BCUT2D eigenvalue weighted by Crippen LogP contribution is 2.18. The van der Waals surface area contributed by atoms with Gasteiger partial charge in [0.15, 0.2) is 5.65 Å². The summed E-state index contributed by atoms with van der Waals surface area (Å²) >= 11 is 0. The molecule has 1 fully saturated rings. The Bertz CT molecular complexity index is 805. The molecule has 25 heavy (non-hydrogen) atoms. The molecule has 5 heteroatoms. The van der Waals surface area contributed by atoms with Crippen LogP contribution in [0.1, 0.15) is 43.4 Å². The van der Waals surface area contributed by atoms with Crippen LogP contribution in [0.5, 0.6) is 0 Å². The van der Waals surface area contributed by atoms with Crippen molar-refractivity contribution >= 4 is 11.2 Å². The van der Waals surface area contributed by atoms with Crippen LogP contribution in [0.2, 0.25) is 0 Å². The maximum Gasteiger partial charge on any atom is 0.163 e. The summed E-state index contributed by atoms with van der Waals surface area (Å²) in [5.74, 6) is 0. The number of benzene rings is 1. The van der Waals surface area contributed by atoms with Crippen molar-refractivity contribution in [1.82, 2.24) is 24.8 Å². The van der Waals surface area contributed by atoms with Crippen molar-refractivity contribution in [3.8, 4) is 0 Å². The molecule has 1 N–H and O–H groups in total. The van der Waals surface area contributed by atoms with Crippen molar-refractivity contribution in [1.29, 1.82) is 0 Å². The molecule has 1 aliphatic carbocycles. The molecule has 1 aliphatic rings. The van der Waals surface area contributed by atoms with Gasteiger partial charge in [-0.3, -0.25) is 0 Å². The number of rotatable bonds is 6. The van der Waals surface area contributed by atoms with Crippen molar-refractivity contribution in [3.05, 3.63) is 54.2 Å². The van der Waals surface area contributed by atoms with Gasteiger partial charge in [0.25, 0.3) is 0 Å². The van der Waals surface area contributed by atoms with Crippen LogP contribution in [-0.2, 0) is 13.0 Å². The summed E-state index contributed by atoms with van der Waals surface area (Å²) in [4.78, 5) is 13.5. The highest BCUT2D eigenvalue weighted by Gasteiger charge is 2.14. The normalized spacial score (nSPS) is 15.7. The Morgan fingerprint density at radius 2 is 1.84 bits per heavy atom. The second-order valence-electron chi connectivity index (χ2n) is 6.89. The van der Waals surface area contributed by atoms with Crippen LogP contribution < -0.4 is 5.32 Å². The van der Waals surface area contributed by atoms with Gasteiger partial charge in [0, 0.05) is 19.0 Å². The number of imidazole rings is 1. The Hall–Kier alpha value is -2.27. The van der Waals surface area contributed by atoms with Gasteiger partial charge in [-0.05, 0) is 18.4 Å². The van der Waals surface area contributed by atoms with Gasteiger partial charge < -0.3 is 9.88 Å². The van der Waals surface area contributed by atoms with Crippen LogP contribution in [0, 0.1) is 0 Å². The first-order valence-corrected chi connectivity index (χ1v) is 9.32. The van der Waals surface area contributed by atoms with Gasteiger partial charge in [0.1, 0.15) is 11.8 Å². The van der Waals surface area contributed by atoms with E-state index in [9.17, 15) is 0 Å². The van der Waals surface area contributed by atoms with Crippen LogP contribution in [0.4, 0.5) is 0 Å². The topological polar surface area (TPSA) is 55.6 Å². The van der Waals surface area contributed by atoms with E-state index >= 15 is 0 Å². The molecule has 130 valence electrons. The summed E-state index contributed by atoms with van der Waals surface area (Å²) in [6.07, 6.45) is 11.2. The summed E-state index contributed by atoms with van der Waals surface area (Å²) < 4.78 is 2.10. The summed E-state index contributed by atoms with van der Waals surface area (Å²) in [6, 6.07) is 11.1. The molecule has 2 heterocycles. The van der Waals surface area contributed by atoms with Crippen LogP contribution in [0.25, 0.3) is 11.2 Å². The first kappa shape index (κ1) is 16.2. The number of hydrogen-bond donors (Lipinski definition) is 1. The minimum absolute atomic E-state index is 0.682. The van der Waals surface area contributed by atoms with Gasteiger partial charge in [0.05, 0.1) is 18.6 Å². The molecule has 0 amide bonds. The highest BCUT2D eigenvalue weighted by atomic mass is 15.1. The molecule has 2 aromatic heterocycles. The molecule has 5 nitrogen and oxygen atoms in total. The molecular weight excluding hydrogens is 310 g/mol. The molecule has 4 rings (SSSR count). The predicted molar refractivity (Wildman–Crippen MR) is 99.4 cm³/mol. The molecule has 0 atom stereocenters. The third-order valence-corrected chi connectivity index (χ3v) is 5.07. The molecule has 0 saturated heterocycles. The molecular formula is C20H25N5. The van der Waals surface area contributed by atoms with Crippen molar-refractivity contribution in [3.63, 3.8) is 0 Å². The Morgan fingerprint density at radius 3 is 2.68 bits per heavy atom. The molecule has 0 radical (unpaired) electrons. The Morgan fingerprint density at radius 1 is 1.00 bits per heavy atom. The Balaban J connectivity index is 1.45. The van der Waals surface area contributed by atoms with E-state index < -0.39 is 0 Å². The zero-order valence-corrected chi connectivity index (χ0v) is 14.6. The van der Waals surface area contributed by atoms with Gasteiger partial charge in [-0.1, -0.05) is 49.6 Å². The van der Waals surface area contributed by atoms with E-state index in [-0.39, 0.29) is 0 Å². The second kappa shape index (κ2) is 7.74. The lowest BCUT2D eigenvalue weighted by atomic mass is 9.95. The number of aromatic nitrogens is 4. The molecule has 1 saturated carbocycles. The molecule has 3 aromatic rings. The SMILES string of the molecule is c1ccc(Cn2cnc3c(CCNC4CCCCC4)ncnc32)cc1. The zero-order valence-electron chi connectivity index (χ0n) is 14.6. The zero-order chi connectivity index (χ0) is 16.9. The monoisotopic (exact) mass is 335 g/mol. The average Bonchev–Trinajstić information content (AvgIpc) is 3.07. The van der Waals surface area contributed by atoms with Gasteiger partial charge in [-0.2, -0.15) is 0 Å². The fraction of sp³-hybridized carbons (Fsp3) is 0.450. The first-order chi connectivity index (χ1) is 12.4. The number of nitrogens with zero attached hydrogens (tertiary/aromatic N) is 4. The molecule has 1 aromatic carbocycles. The molecule has 0 spiro atoms. The first-order valence-electron chi connectivity index (χ1n) is 9.32. The average molecular weight is 335 g/mol. The van der Waals surface area contributed by atoms with Crippen LogP contribution in [0.15, 0.2) is 43.0 Å². The minimum atomic E-state index is 0.682. The van der Waals surface area contributed by atoms with Gasteiger partial charge in [0.2, 0.25) is 0 Å². The molecule has 0 unspecified atom stereocenters. The lowest BCUT2D eigenvalue weighted by molar-refractivity contribution is 0.375. The fourth-order valence-electron chi connectivity index (χ4n) is 3.71. The van der Waals surface area contributed by atoms with E-state index in [0.717, 1.165) is 36.4 Å². The van der Waals surface area contributed by atoms with Crippen LogP contribution in [0.3, 0.4) is 0 Å². The smallest absolute Gasteiger partial charge is 0.163 e. The largest absolute Gasteiger partial charge is 0.314 e. The Labute approximate surface area is 148 Å². The predicted octanol–water partition coefficient (Wildman–Crippen LogP) is 3.34. The van der Waals surface area contributed by atoms with Crippen molar-refractivity contribution in [2.75, 3.05) is 6.54 Å². The van der Waals surface area contributed by atoms with E-state index in [1.165, 1.54) is 37.7 Å². The fourth-order valence-corrected chi connectivity index (χ4v) is 3.71. The Kier molecular flexibility index (Phi) is 5.02. The van der Waals surface area contributed by atoms with Crippen LogP contribution in [-0.4, -0.2) is 32.1 Å². The third-order valence-electron chi connectivity index (χ3n) is 5.07. The van der Waals surface area contributed by atoms with E-state index in [1.54, 1.807) is 6.33 Å². The highest BCUT2D eigenvalue weighted by molar-refractivity contribution is 5.73. The number of nitrogens with one attached hydrogen (secondary N) is 1. The standard InChI is InChI=1S/C20H25N5/c1-3-7-16(8-4-1)13-25-15-24-19-18(22-14-23-20(19)25)11-12-21-17-9-5-2-6-10-17/h1,3-4,7-8,14-15,17,21H,2,5-6,9-13H2. The van der Waals surface area contributed by atoms with Crippen molar-refractivity contribution < 1.29 is 0 Å². The van der Waals surface area contributed by atoms with Gasteiger partial charge in [-0.25, -0.2) is 15.0 Å². The van der Waals surface area contributed by atoms with E-state index in [0.29, 0.717) is 6.04 Å². The lowest BCUT2D eigenvalue weighted by Gasteiger charge is -2.22. The van der Waals surface area contributed by atoms with Crippen LogP contribution >= 0.6 is 0 Å². The number of hydrogen-bond acceptors (Lipinski definition) is 4. The van der Waals surface area contributed by atoms with E-state index in [1.807, 2.05) is 12.4 Å². The summed E-state index contributed by atoms with van der Waals surface area (Å²) in [7, 11) is 0. The summed E-state index contributed by atoms with van der Waals surface area (Å²) in [5, 5.41) is 3.69. The number of fused-ring (bicyclic) bond motifs is 1. The third kappa shape index (κ3) is 3.87. The quantitative estimate of drug-likeness (QED) is 0.751. The molecule has 0 bridgehead atoms. The molecule has 0 aliphatic heterocycles. The summed E-state index contributed by atoms with van der Waals surface area (Å²) in [5.41, 5.74) is 4.15. The van der Waals surface area contributed by atoms with E-state index in [4.69, 9.17) is 0 Å². The van der Waals surface area contributed by atoms with Crippen molar-refractivity contribution in [2.24, 2.45) is 0 Å². The lowest BCUT2D eigenvalue weighted by Crippen LogP contribution is -2.32. The van der Waals surface area contributed by atoms with Gasteiger partial charge >= 0.3 is 0 Å². The van der Waals surface area contributed by atoms with Crippen molar-refractivity contribution in [2.45, 2.75) is 51.1 Å². The maximum absolute atomic E-state index is 4.59.